The van der Waals surface area contributed by atoms with Crippen molar-refractivity contribution < 1.29 is 9.53 Å². The summed E-state index contributed by atoms with van der Waals surface area (Å²) >= 11 is 4.09. The maximum Gasteiger partial charge on any atom is 0.184 e. The molecule has 0 radical (unpaired) electrons. The molecule has 1 aliphatic heterocycles. The van der Waals surface area contributed by atoms with Crippen molar-refractivity contribution in [3.05, 3.63) is 0 Å². The van der Waals surface area contributed by atoms with Crippen LogP contribution in [0.3, 0.4) is 0 Å². The lowest BCUT2D eigenvalue weighted by atomic mass is 10.1. The average Bonchev–Trinajstić information content (AvgIpc) is 2.26. The summed E-state index contributed by atoms with van der Waals surface area (Å²) < 4.78 is 6.38. The first-order valence-corrected chi connectivity index (χ1v) is 12.8. The zero-order valence-electron chi connectivity index (χ0n) is 13.1. The highest BCUT2D eigenvalue weighted by Crippen LogP contribution is 2.49. The van der Waals surface area contributed by atoms with E-state index in [0.717, 1.165) is 19.3 Å². The topological polar surface area (TPSA) is 29.5 Å². The molecule has 0 saturated carbocycles. The number of hydrogen-bond donors (Lipinski definition) is 1. The molecule has 2 atom stereocenters. The third-order valence-electron chi connectivity index (χ3n) is 3.19. The molecule has 0 bridgehead atoms. The smallest absolute Gasteiger partial charge is 0.184 e. The Morgan fingerprint density at radius 1 is 1.21 bits per heavy atom. The Kier molecular flexibility index (Phi) is 7.28. The highest BCUT2D eigenvalue weighted by molar-refractivity contribution is 8.18. The third-order valence-corrected chi connectivity index (χ3v) is 7.71. The van der Waals surface area contributed by atoms with E-state index in [0.29, 0.717) is 6.10 Å². The second-order valence-corrected chi connectivity index (χ2v) is 14.1. The van der Waals surface area contributed by atoms with Crippen LogP contribution in [-0.2, 0) is 4.43 Å². The van der Waals surface area contributed by atoms with Gasteiger partial charge in [-0.05, 0) is 63.8 Å². The lowest BCUT2D eigenvalue weighted by molar-refractivity contribution is 0.142. The molecule has 2 nitrogen and oxygen atoms in total. The number of aliphatic hydroxyl groups excluding tert-OH is 1. The van der Waals surface area contributed by atoms with E-state index < -0.39 is 8.32 Å². The zero-order chi connectivity index (χ0) is 14.5. The Labute approximate surface area is 128 Å². The Bertz CT molecular complexity index is 263. The van der Waals surface area contributed by atoms with Gasteiger partial charge in [0.25, 0.3) is 0 Å². The van der Waals surface area contributed by atoms with Gasteiger partial charge < -0.3 is 9.53 Å². The van der Waals surface area contributed by atoms with Gasteiger partial charge in [-0.3, -0.25) is 0 Å². The van der Waals surface area contributed by atoms with Gasteiger partial charge >= 0.3 is 0 Å². The Balaban J connectivity index is 2.63. The molecule has 0 aromatic carbocycles. The summed E-state index contributed by atoms with van der Waals surface area (Å²) in [4.78, 5) is 0. The largest absolute Gasteiger partial charge is 0.415 e. The van der Waals surface area contributed by atoms with Crippen molar-refractivity contribution in [1.82, 2.24) is 0 Å². The third kappa shape index (κ3) is 6.89. The average molecular weight is 323 g/mol. The van der Waals surface area contributed by atoms with Crippen LogP contribution in [0.5, 0.6) is 0 Å². The van der Waals surface area contributed by atoms with Gasteiger partial charge in [-0.25, -0.2) is 0 Å². The molecule has 0 aromatic heterocycles. The molecule has 1 heterocycles. The second-order valence-electron chi connectivity index (χ2n) is 6.47. The van der Waals surface area contributed by atoms with Crippen molar-refractivity contribution in [3.8, 4) is 0 Å². The summed E-state index contributed by atoms with van der Waals surface area (Å²) in [5, 5.41) is 10.1. The minimum absolute atomic E-state index is 0.169. The van der Waals surface area contributed by atoms with Crippen LogP contribution >= 0.6 is 23.5 Å². The first kappa shape index (κ1) is 17.9. The summed E-state index contributed by atoms with van der Waals surface area (Å²) in [6.45, 7) is 11.0. The molecule has 114 valence electrons. The predicted molar refractivity (Wildman–Crippen MR) is 91.7 cm³/mol. The predicted octanol–water partition coefficient (Wildman–Crippen LogP) is 4.34. The van der Waals surface area contributed by atoms with E-state index in [1.54, 1.807) is 0 Å². The van der Waals surface area contributed by atoms with E-state index in [9.17, 15) is 5.11 Å². The van der Waals surface area contributed by atoms with Crippen LogP contribution in [0.15, 0.2) is 0 Å². The lowest BCUT2D eigenvalue weighted by Crippen LogP contribution is -2.38. The van der Waals surface area contributed by atoms with Gasteiger partial charge in [0.05, 0.1) is 10.2 Å². The van der Waals surface area contributed by atoms with E-state index >= 15 is 0 Å². The van der Waals surface area contributed by atoms with E-state index in [1.807, 2.05) is 23.5 Å². The Morgan fingerprint density at radius 3 is 2.26 bits per heavy atom. The second kappa shape index (κ2) is 7.73. The van der Waals surface area contributed by atoms with Crippen molar-refractivity contribution in [3.63, 3.8) is 0 Å². The summed E-state index contributed by atoms with van der Waals surface area (Å²) in [6.07, 6.45) is 4.24. The lowest BCUT2D eigenvalue weighted by Gasteiger charge is -2.40. The van der Waals surface area contributed by atoms with Crippen LogP contribution in [0.4, 0.5) is 0 Å². The number of rotatable bonds is 7. The molecule has 1 fully saturated rings. The van der Waals surface area contributed by atoms with Crippen molar-refractivity contribution in [2.24, 2.45) is 0 Å². The van der Waals surface area contributed by atoms with Crippen molar-refractivity contribution in [2.75, 3.05) is 11.5 Å². The summed E-state index contributed by atoms with van der Waals surface area (Å²) in [5.74, 6) is 2.45. The van der Waals surface area contributed by atoms with Gasteiger partial charge in [0.1, 0.15) is 0 Å². The van der Waals surface area contributed by atoms with Crippen LogP contribution in [0.2, 0.25) is 19.6 Å². The molecule has 19 heavy (non-hydrogen) atoms. The molecule has 0 aliphatic carbocycles. The molecule has 1 aliphatic rings. The first-order valence-electron chi connectivity index (χ1n) is 7.40. The Morgan fingerprint density at radius 2 is 1.79 bits per heavy atom. The molecule has 1 N–H and O–H groups in total. The molecular weight excluding hydrogens is 292 g/mol. The number of aliphatic hydroxyl groups is 1. The zero-order valence-corrected chi connectivity index (χ0v) is 15.7. The maximum atomic E-state index is 10.1. The van der Waals surface area contributed by atoms with Crippen LogP contribution in [-0.4, -0.2) is 41.2 Å². The highest BCUT2D eigenvalue weighted by Gasteiger charge is 2.37. The standard InChI is InChI=1S/C14H30O2S2Si/c1-6-13(15)11-14(17-8-7-9-18-14)10-12(2)16-19(3,4)5/h12-13,15H,6-11H2,1-5H3/t12-,13-/m1/s1. The number of thioether (sulfide) groups is 2. The van der Waals surface area contributed by atoms with Crippen molar-refractivity contribution in [2.45, 2.75) is 75.5 Å². The van der Waals surface area contributed by atoms with Gasteiger partial charge in [-0.15, -0.1) is 23.5 Å². The van der Waals surface area contributed by atoms with Gasteiger partial charge in [0.2, 0.25) is 0 Å². The maximum absolute atomic E-state index is 10.1. The molecule has 1 saturated heterocycles. The highest BCUT2D eigenvalue weighted by atomic mass is 32.2. The molecule has 0 amide bonds. The minimum atomic E-state index is -1.47. The SMILES string of the molecule is CC[C@@H](O)CC1(C[C@@H](C)O[Si](C)(C)C)SCCCS1. The van der Waals surface area contributed by atoms with E-state index in [-0.39, 0.29) is 10.2 Å². The normalized spacial score (nSPS) is 23.1. The fourth-order valence-electron chi connectivity index (χ4n) is 2.52. The fraction of sp³-hybridized carbons (Fsp3) is 1.00. The monoisotopic (exact) mass is 322 g/mol. The van der Waals surface area contributed by atoms with Crippen molar-refractivity contribution in [1.29, 1.82) is 0 Å². The molecule has 0 spiro atoms. The molecular formula is C14H30O2S2Si. The van der Waals surface area contributed by atoms with Crippen LogP contribution in [0, 0.1) is 0 Å². The molecule has 0 aromatic rings. The van der Waals surface area contributed by atoms with E-state index in [4.69, 9.17) is 4.43 Å². The quantitative estimate of drug-likeness (QED) is 0.706. The molecule has 1 rings (SSSR count). The minimum Gasteiger partial charge on any atom is -0.415 e. The van der Waals surface area contributed by atoms with Crippen LogP contribution in [0.25, 0.3) is 0 Å². The van der Waals surface area contributed by atoms with Gasteiger partial charge in [-0.2, -0.15) is 0 Å². The molecule has 5 heteroatoms. The van der Waals surface area contributed by atoms with Crippen LogP contribution < -0.4 is 0 Å². The first-order chi connectivity index (χ1) is 8.76. The van der Waals surface area contributed by atoms with E-state index in [1.165, 1.54) is 17.9 Å². The Hall–Kier alpha value is 0.837. The fourth-order valence-corrected chi connectivity index (χ4v) is 7.48. The van der Waals surface area contributed by atoms with Crippen LogP contribution in [0.1, 0.15) is 39.5 Å². The van der Waals surface area contributed by atoms with Gasteiger partial charge in [-0.1, -0.05) is 6.92 Å². The summed E-state index contributed by atoms with van der Waals surface area (Å²) in [6, 6.07) is 0. The van der Waals surface area contributed by atoms with Gasteiger partial charge in [0.15, 0.2) is 8.32 Å². The van der Waals surface area contributed by atoms with E-state index in [2.05, 4.69) is 33.5 Å². The number of hydrogen-bond acceptors (Lipinski definition) is 4. The molecule has 0 unspecified atom stereocenters. The van der Waals surface area contributed by atoms with Gasteiger partial charge in [0, 0.05) is 6.10 Å². The summed E-state index contributed by atoms with van der Waals surface area (Å²) in [5.41, 5.74) is 0. The van der Waals surface area contributed by atoms with Crippen molar-refractivity contribution >= 4 is 31.8 Å². The summed E-state index contributed by atoms with van der Waals surface area (Å²) in [7, 11) is -1.47.